The molecule has 3 rings (SSSR count). The molecule has 1 fully saturated rings. The minimum Gasteiger partial charge on any atom is -0.361 e. The molecule has 1 saturated heterocycles. The summed E-state index contributed by atoms with van der Waals surface area (Å²) < 4.78 is 23.5. The number of benzene rings is 1. The largest absolute Gasteiger partial charge is 0.361 e. The highest BCUT2D eigenvalue weighted by Gasteiger charge is 2.34. The highest BCUT2D eigenvalue weighted by molar-refractivity contribution is 7.91. The summed E-state index contributed by atoms with van der Waals surface area (Å²) in [6, 6.07) is 7.95. The second-order valence-corrected chi connectivity index (χ2v) is 8.69. The Kier molecular flexibility index (Phi) is 5.10. The van der Waals surface area contributed by atoms with Crippen LogP contribution in [0.2, 0.25) is 0 Å². The zero-order valence-corrected chi connectivity index (χ0v) is 14.9. The van der Waals surface area contributed by atoms with Crippen molar-refractivity contribution in [3.05, 3.63) is 29.8 Å². The molecule has 0 spiro atoms. The van der Waals surface area contributed by atoms with Crippen LogP contribution in [0.4, 0.5) is 5.69 Å². The number of para-hydroxylation sites is 1. The normalized spacial score (nSPS) is 22.7. The first kappa shape index (κ1) is 17.2. The van der Waals surface area contributed by atoms with Crippen molar-refractivity contribution in [3.8, 4) is 0 Å². The van der Waals surface area contributed by atoms with Crippen LogP contribution in [0.3, 0.4) is 0 Å². The molecule has 2 heterocycles. The Balaban J connectivity index is 1.74. The van der Waals surface area contributed by atoms with Gasteiger partial charge in [0, 0.05) is 37.9 Å². The Morgan fingerprint density at radius 2 is 2.17 bits per heavy atom. The fraction of sp³-hybridized carbons (Fsp3) is 0.588. The molecule has 0 aromatic heterocycles. The van der Waals surface area contributed by atoms with E-state index < -0.39 is 9.84 Å². The van der Waals surface area contributed by atoms with Crippen molar-refractivity contribution in [1.82, 2.24) is 10.2 Å². The Bertz CT molecular complexity index is 705. The molecule has 132 valence electrons. The summed E-state index contributed by atoms with van der Waals surface area (Å²) >= 11 is 0. The number of rotatable bonds is 4. The zero-order chi connectivity index (χ0) is 17.2. The second-order valence-electron chi connectivity index (χ2n) is 6.46. The molecule has 0 saturated carbocycles. The van der Waals surface area contributed by atoms with Crippen LogP contribution < -0.4 is 10.2 Å². The predicted molar refractivity (Wildman–Crippen MR) is 94.8 cm³/mol. The van der Waals surface area contributed by atoms with E-state index in [1.165, 1.54) is 5.56 Å². The number of anilines is 1. The highest BCUT2D eigenvalue weighted by atomic mass is 32.2. The number of hydrogen-bond donors (Lipinski definition) is 1. The average molecular weight is 351 g/mol. The van der Waals surface area contributed by atoms with Gasteiger partial charge in [0.1, 0.15) is 0 Å². The molecule has 1 amide bonds. The summed E-state index contributed by atoms with van der Waals surface area (Å²) in [5, 5.41) is 3.37. The van der Waals surface area contributed by atoms with E-state index in [-0.39, 0.29) is 23.5 Å². The van der Waals surface area contributed by atoms with Gasteiger partial charge in [0.05, 0.1) is 18.1 Å². The second kappa shape index (κ2) is 7.11. The van der Waals surface area contributed by atoms with Crippen molar-refractivity contribution in [3.63, 3.8) is 0 Å². The maximum absolute atomic E-state index is 12.8. The fourth-order valence-corrected chi connectivity index (χ4v) is 5.33. The number of carbonyl (C=O) groups is 1. The summed E-state index contributed by atoms with van der Waals surface area (Å²) in [6.45, 7) is 5.16. The average Bonchev–Trinajstić information content (AvgIpc) is 2.79. The van der Waals surface area contributed by atoms with Gasteiger partial charge in [0.2, 0.25) is 5.91 Å². The monoisotopic (exact) mass is 351 g/mol. The first-order valence-corrected chi connectivity index (χ1v) is 10.4. The molecule has 0 radical (unpaired) electrons. The molecule has 2 aliphatic heterocycles. The first-order chi connectivity index (χ1) is 11.5. The number of sulfone groups is 1. The molecule has 24 heavy (non-hydrogen) atoms. The number of fused-ring (bicyclic) bond motifs is 1. The molecule has 1 aromatic rings. The minimum absolute atomic E-state index is 0.0105. The van der Waals surface area contributed by atoms with E-state index in [0.29, 0.717) is 19.5 Å². The van der Waals surface area contributed by atoms with Gasteiger partial charge in [-0.15, -0.1) is 0 Å². The molecule has 6 nitrogen and oxygen atoms in total. The number of amides is 1. The van der Waals surface area contributed by atoms with Crippen molar-refractivity contribution in [2.24, 2.45) is 0 Å². The van der Waals surface area contributed by atoms with Crippen molar-refractivity contribution in [2.75, 3.05) is 42.6 Å². The fourth-order valence-electron chi connectivity index (χ4n) is 3.60. The SMILES string of the molecule is CCN(C(=O)CN1CCNCc2ccccc21)C1CCS(=O)(=O)C1. The van der Waals surface area contributed by atoms with Crippen molar-refractivity contribution in [1.29, 1.82) is 0 Å². The van der Waals surface area contributed by atoms with Gasteiger partial charge in [-0.1, -0.05) is 18.2 Å². The van der Waals surface area contributed by atoms with Gasteiger partial charge in [0.15, 0.2) is 9.84 Å². The third-order valence-electron chi connectivity index (χ3n) is 4.84. The number of nitrogens with zero attached hydrogens (tertiary/aromatic N) is 2. The molecule has 1 unspecified atom stereocenters. The smallest absolute Gasteiger partial charge is 0.242 e. The maximum atomic E-state index is 12.8. The Morgan fingerprint density at radius 3 is 2.88 bits per heavy atom. The van der Waals surface area contributed by atoms with Crippen molar-refractivity contribution >= 4 is 21.4 Å². The standard InChI is InChI=1S/C17H25N3O3S/c1-2-20(15-7-10-24(22,23)13-15)17(21)12-19-9-8-18-11-14-5-3-4-6-16(14)19/h3-6,15,18H,2,7-13H2,1H3. The van der Waals surface area contributed by atoms with Crippen LogP contribution in [-0.2, 0) is 21.2 Å². The lowest BCUT2D eigenvalue weighted by Crippen LogP contribution is -2.47. The minimum atomic E-state index is -2.99. The molecule has 7 heteroatoms. The van der Waals surface area contributed by atoms with Gasteiger partial charge < -0.3 is 15.1 Å². The van der Waals surface area contributed by atoms with E-state index >= 15 is 0 Å². The number of hydrogen-bond acceptors (Lipinski definition) is 5. The van der Waals surface area contributed by atoms with E-state index in [2.05, 4.69) is 16.3 Å². The van der Waals surface area contributed by atoms with E-state index in [9.17, 15) is 13.2 Å². The van der Waals surface area contributed by atoms with Crippen LogP contribution in [0, 0.1) is 0 Å². The summed E-state index contributed by atoms with van der Waals surface area (Å²) in [5.74, 6) is 0.305. The van der Waals surface area contributed by atoms with Crippen LogP contribution in [0.5, 0.6) is 0 Å². The van der Waals surface area contributed by atoms with E-state index in [4.69, 9.17) is 0 Å². The Morgan fingerprint density at radius 1 is 1.38 bits per heavy atom. The topological polar surface area (TPSA) is 69.7 Å². The first-order valence-electron chi connectivity index (χ1n) is 8.53. The summed E-state index contributed by atoms with van der Waals surface area (Å²) in [7, 11) is -2.99. The third kappa shape index (κ3) is 3.72. The van der Waals surface area contributed by atoms with Crippen molar-refractivity contribution < 1.29 is 13.2 Å². The lowest BCUT2D eigenvalue weighted by Gasteiger charge is -2.31. The van der Waals surface area contributed by atoms with Gasteiger partial charge in [-0.3, -0.25) is 4.79 Å². The predicted octanol–water partition coefficient (Wildman–Crippen LogP) is 0.632. The van der Waals surface area contributed by atoms with Crippen LogP contribution in [-0.4, -0.2) is 63.0 Å². The molecule has 0 bridgehead atoms. The summed E-state index contributed by atoms with van der Waals surface area (Å²) in [4.78, 5) is 16.7. The van der Waals surface area contributed by atoms with Crippen molar-refractivity contribution in [2.45, 2.75) is 25.9 Å². The molecular formula is C17H25N3O3S. The zero-order valence-electron chi connectivity index (χ0n) is 14.1. The van der Waals surface area contributed by atoms with Crippen LogP contribution in [0.25, 0.3) is 0 Å². The Hall–Kier alpha value is -1.60. The molecule has 1 N–H and O–H groups in total. The van der Waals surface area contributed by atoms with Gasteiger partial charge >= 0.3 is 0 Å². The molecule has 1 atom stereocenters. The van der Waals surface area contributed by atoms with Gasteiger partial charge in [-0.05, 0) is 25.0 Å². The van der Waals surface area contributed by atoms with Crippen LogP contribution in [0.1, 0.15) is 18.9 Å². The van der Waals surface area contributed by atoms with Crippen LogP contribution in [0.15, 0.2) is 24.3 Å². The van der Waals surface area contributed by atoms with Gasteiger partial charge in [0.25, 0.3) is 0 Å². The van der Waals surface area contributed by atoms with E-state index in [0.717, 1.165) is 25.3 Å². The maximum Gasteiger partial charge on any atom is 0.242 e. The summed E-state index contributed by atoms with van der Waals surface area (Å²) in [5.41, 5.74) is 2.28. The third-order valence-corrected chi connectivity index (χ3v) is 6.59. The lowest BCUT2D eigenvalue weighted by atomic mass is 10.1. The Labute approximate surface area is 143 Å². The molecule has 1 aromatic carbocycles. The van der Waals surface area contributed by atoms with Crippen LogP contribution >= 0.6 is 0 Å². The van der Waals surface area contributed by atoms with Gasteiger partial charge in [-0.2, -0.15) is 0 Å². The quantitative estimate of drug-likeness (QED) is 0.862. The van der Waals surface area contributed by atoms with E-state index in [1.54, 1.807) is 4.90 Å². The number of likely N-dealkylation sites (N-methyl/N-ethyl adjacent to an activating group) is 1. The highest BCUT2D eigenvalue weighted by Crippen LogP contribution is 2.23. The van der Waals surface area contributed by atoms with E-state index in [1.807, 2.05) is 25.1 Å². The van der Waals surface area contributed by atoms with Gasteiger partial charge in [-0.25, -0.2) is 8.42 Å². The number of nitrogens with one attached hydrogen (secondary N) is 1. The number of carbonyl (C=O) groups excluding carboxylic acids is 1. The lowest BCUT2D eigenvalue weighted by molar-refractivity contribution is -0.131. The summed E-state index contributed by atoms with van der Waals surface area (Å²) in [6.07, 6.45) is 0.556. The molecule has 2 aliphatic rings. The molecular weight excluding hydrogens is 326 g/mol. The molecule has 0 aliphatic carbocycles.